The Balaban J connectivity index is 2.36. The van der Waals surface area contributed by atoms with Crippen molar-refractivity contribution in [1.29, 1.82) is 0 Å². The second-order valence-electron chi connectivity index (χ2n) is 3.78. The van der Waals surface area contributed by atoms with E-state index in [4.69, 9.17) is 0 Å². The fourth-order valence-corrected chi connectivity index (χ4v) is 2.47. The predicted octanol–water partition coefficient (Wildman–Crippen LogP) is 3.61. The number of methoxy groups -OCH3 is 1. The van der Waals surface area contributed by atoms with Gasteiger partial charge in [-0.15, -0.1) is 11.8 Å². The molecule has 2 rings (SSSR count). The molecule has 0 saturated carbocycles. The average molecular weight is 289 g/mol. The highest BCUT2D eigenvalue weighted by molar-refractivity contribution is 7.99. The Bertz CT molecular complexity index is 607. The van der Waals surface area contributed by atoms with Crippen LogP contribution in [0, 0.1) is 0 Å². The second kappa shape index (κ2) is 5.16. The number of aromatic amines is 1. The van der Waals surface area contributed by atoms with Crippen molar-refractivity contribution in [2.45, 2.75) is 11.1 Å². The van der Waals surface area contributed by atoms with Crippen LogP contribution < -0.4 is 0 Å². The first-order valence-electron chi connectivity index (χ1n) is 5.30. The topological polar surface area (TPSA) is 42.1 Å². The van der Waals surface area contributed by atoms with E-state index in [-0.39, 0.29) is 0 Å². The molecule has 102 valence electrons. The Morgan fingerprint density at radius 1 is 1.42 bits per heavy atom. The number of H-pyrrole nitrogens is 1. The molecule has 3 nitrogen and oxygen atoms in total. The zero-order chi connectivity index (χ0) is 14.0. The number of nitrogens with one attached hydrogen (secondary N) is 1. The fraction of sp³-hybridized carbons (Fsp3) is 0.250. The van der Waals surface area contributed by atoms with E-state index in [2.05, 4.69) is 9.72 Å². The van der Waals surface area contributed by atoms with Gasteiger partial charge in [0.05, 0.1) is 23.9 Å². The first-order valence-corrected chi connectivity index (χ1v) is 6.29. The van der Waals surface area contributed by atoms with Crippen LogP contribution in [0.3, 0.4) is 0 Å². The number of hydrogen-bond acceptors (Lipinski definition) is 3. The fourth-order valence-electron chi connectivity index (χ4n) is 1.69. The molecule has 1 aromatic carbocycles. The van der Waals surface area contributed by atoms with Crippen molar-refractivity contribution in [3.05, 3.63) is 30.0 Å². The average Bonchev–Trinajstić information content (AvgIpc) is 2.77. The molecule has 1 aromatic heterocycles. The SMILES string of the molecule is COC(=O)c1cccc2c(SCC(F)(F)F)c[nH]c12. The van der Waals surface area contributed by atoms with Crippen LogP contribution in [0.1, 0.15) is 10.4 Å². The minimum atomic E-state index is -4.23. The molecule has 2 aromatic rings. The summed E-state index contributed by atoms with van der Waals surface area (Å²) in [5, 5.41) is 0.581. The van der Waals surface area contributed by atoms with Crippen LogP contribution in [-0.2, 0) is 4.74 Å². The molecule has 0 amide bonds. The summed E-state index contributed by atoms with van der Waals surface area (Å²) in [6.07, 6.45) is -2.76. The summed E-state index contributed by atoms with van der Waals surface area (Å²) in [5.41, 5.74) is 0.790. The molecule has 0 bridgehead atoms. The van der Waals surface area contributed by atoms with E-state index in [1.807, 2.05) is 0 Å². The number of benzene rings is 1. The molecule has 0 saturated heterocycles. The number of carbonyl (C=O) groups excluding carboxylic acids is 1. The number of rotatable bonds is 3. The highest BCUT2D eigenvalue weighted by Crippen LogP contribution is 2.33. The largest absolute Gasteiger partial charge is 0.465 e. The van der Waals surface area contributed by atoms with Gasteiger partial charge in [0, 0.05) is 16.5 Å². The molecule has 0 radical (unpaired) electrons. The third-order valence-electron chi connectivity index (χ3n) is 2.47. The number of ether oxygens (including phenoxy) is 1. The quantitative estimate of drug-likeness (QED) is 0.693. The van der Waals surface area contributed by atoms with E-state index in [0.29, 0.717) is 33.1 Å². The van der Waals surface area contributed by atoms with Crippen LogP contribution in [-0.4, -0.2) is 30.0 Å². The first-order chi connectivity index (χ1) is 8.92. The lowest BCUT2D eigenvalue weighted by Gasteiger charge is -2.05. The number of thioether (sulfide) groups is 1. The summed E-state index contributed by atoms with van der Waals surface area (Å²) < 4.78 is 41.2. The number of fused-ring (bicyclic) bond motifs is 1. The van der Waals surface area contributed by atoms with Crippen molar-refractivity contribution >= 4 is 28.6 Å². The van der Waals surface area contributed by atoms with Crippen LogP contribution >= 0.6 is 11.8 Å². The van der Waals surface area contributed by atoms with Crippen molar-refractivity contribution in [2.75, 3.05) is 12.9 Å². The van der Waals surface area contributed by atoms with E-state index in [1.165, 1.54) is 13.3 Å². The van der Waals surface area contributed by atoms with Gasteiger partial charge in [-0.2, -0.15) is 13.2 Å². The third kappa shape index (κ3) is 3.04. The van der Waals surface area contributed by atoms with Crippen molar-refractivity contribution in [2.24, 2.45) is 0 Å². The molecule has 0 unspecified atom stereocenters. The molecule has 0 fully saturated rings. The maximum absolute atomic E-state index is 12.2. The Hall–Kier alpha value is -1.63. The standard InChI is InChI=1S/C12H10F3NO2S/c1-18-11(17)8-4-2-3-7-9(5-16-10(7)8)19-6-12(13,14)15/h2-5,16H,6H2,1H3. The highest BCUT2D eigenvalue weighted by atomic mass is 32.2. The minimum absolute atomic E-state index is 0.304. The van der Waals surface area contributed by atoms with Gasteiger partial charge in [-0.3, -0.25) is 0 Å². The predicted molar refractivity (Wildman–Crippen MR) is 66.4 cm³/mol. The van der Waals surface area contributed by atoms with Crippen LogP contribution in [0.15, 0.2) is 29.3 Å². The van der Waals surface area contributed by atoms with Gasteiger partial charge in [0.15, 0.2) is 0 Å². The number of esters is 1. The van der Waals surface area contributed by atoms with Gasteiger partial charge < -0.3 is 9.72 Å². The first kappa shape index (κ1) is 13.8. The van der Waals surface area contributed by atoms with E-state index < -0.39 is 17.9 Å². The normalized spacial score (nSPS) is 11.8. The number of carbonyl (C=O) groups is 1. The van der Waals surface area contributed by atoms with Gasteiger partial charge in [-0.05, 0) is 6.07 Å². The van der Waals surface area contributed by atoms with Gasteiger partial charge in [-0.1, -0.05) is 12.1 Å². The van der Waals surface area contributed by atoms with Crippen LogP contribution in [0.5, 0.6) is 0 Å². The molecule has 0 spiro atoms. The Kier molecular flexibility index (Phi) is 3.75. The number of hydrogen-bond donors (Lipinski definition) is 1. The Morgan fingerprint density at radius 2 is 2.16 bits per heavy atom. The van der Waals surface area contributed by atoms with Crippen molar-refractivity contribution in [3.8, 4) is 0 Å². The molecule has 0 aliphatic heterocycles. The maximum atomic E-state index is 12.2. The molecule has 1 heterocycles. The summed E-state index contributed by atoms with van der Waals surface area (Å²) in [6.45, 7) is 0. The summed E-state index contributed by atoms with van der Waals surface area (Å²) in [4.78, 5) is 14.8. The van der Waals surface area contributed by atoms with Crippen LogP contribution in [0.25, 0.3) is 10.9 Å². The lowest BCUT2D eigenvalue weighted by Crippen LogP contribution is -2.10. The summed E-state index contributed by atoms with van der Waals surface area (Å²) in [5.74, 6) is -1.50. The lowest BCUT2D eigenvalue weighted by atomic mass is 10.1. The monoisotopic (exact) mass is 289 g/mol. The zero-order valence-electron chi connectivity index (χ0n) is 9.88. The second-order valence-corrected chi connectivity index (χ2v) is 4.79. The smallest absolute Gasteiger partial charge is 0.398 e. The highest BCUT2D eigenvalue weighted by Gasteiger charge is 2.28. The van der Waals surface area contributed by atoms with E-state index in [9.17, 15) is 18.0 Å². The van der Waals surface area contributed by atoms with Crippen LogP contribution in [0.4, 0.5) is 13.2 Å². The summed E-state index contributed by atoms with van der Waals surface area (Å²) in [6, 6.07) is 4.83. The van der Waals surface area contributed by atoms with Crippen molar-refractivity contribution < 1.29 is 22.7 Å². The molecule has 19 heavy (non-hydrogen) atoms. The summed E-state index contributed by atoms with van der Waals surface area (Å²) >= 11 is 0.683. The Labute approximate surface area is 111 Å². The minimum Gasteiger partial charge on any atom is -0.465 e. The number of alkyl halides is 3. The maximum Gasteiger partial charge on any atom is 0.398 e. The van der Waals surface area contributed by atoms with Gasteiger partial charge in [0.1, 0.15) is 0 Å². The van der Waals surface area contributed by atoms with Crippen molar-refractivity contribution in [1.82, 2.24) is 4.98 Å². The van der Waals surface area contributed by atoms with Gasteiger partial charge in [0.25, 0.3) is 0 Å². The van der Waals surface area contributed by atoms with Gasteiger partial charge in [-0.25, -0.2) is 4.79 Å². The summed E-state index contributed by atoms with van der Waals surface area (Å²) in [7, 11) is 1.25. The molecule has 1 N–H and O–H groups in total. The number of para-hydroxylation sites is 1. The van der Waals surface area contributed by atoms with E-state index in [1.54, 1.807) is 18.2 Å². The lowest BCUT2D eigenvalue weighted by molar-refractivity contribution is -0.105. The van der Waals surface area contributed by atoms with Gasteiger partial charge in [0.2, 0.25) is 0 Å². The number of halogens is 3. The Morgan fingerprint density at radius 3 is 2.79 bits per heavy atom. The van der Waals surface area contributed by atoms with Crippen molar-refractivity contribution in [3.63, 3.8) is 0 Å². The molecular weight excluding hydrogens is 279 g/mol. The molecule has 0 aliphatic rings. The molecule has 7 heteroatoms. The van der Waals surface area contributed by atoms with E-state index >= 15 is 0 Å². The zero-order valence-corrected chi connectivity index (χ0v) is 10.7. The van der Waals surface area contributed by atoms with Crippen LogP contribution in [0.2, 0.25) is 0 Å². The molecular formula is C12H10F3NO2S. The third-order valence-corrected chi connectivity index (χ3v) is 3.59. The molecule has 0 aliphatic carbocycles. The number of aromatic nitrogens is 1. The van der Waals surface area contributed by atoms with E-state index in [0.717, 1.165) is 0 Å². The molecule has 0 atom stereocenters. The van der Waals surface area contributed by atoms with Gasteiger partial charge >= 0.3 is 12.1 Å².